The van der Waals surface area contributed by atoms with Crippen LogP contribution in [0.15, 0.2) is 24.1 Å². The molecular weight excluding hydrogens is 232 g/mol. The van der Waals surface area contributed by atoms with Crippen molar-refractivity contribution in [2.24, 2.45) is 5.16 Å². The molecule has 0 aliphatic rings. The Morgan fingerprint density at radius 3 is 3.22 bits per heavy atom. The summed E-state index contributed by atoms with van der Waals surface area (Å²) in [5, 5.41) is 3.90. The van der Waals surface area contributed by atoms with Crippen molar-refractivity contribution in [1.29, 1.82) is 0 Å². The maximum Gasteiger partial charge on any atom is 0.183 e. The predicted molar refractivity (Wildman–Crippen MR) is 69.1 cm³/mol. The van der Waals surface area contributed by atoms with Gasteiger partial charge in [-0.3, -0.25) is 0 Å². The Kier molecular flexibility index (Phi) is 3.52. The summed E-state index contributed by atoms with van der Waals surface area (Å²) in [5.74, 6) is 0.947. The predicted octanol–water partition coefficient (Wildman–Crippen LogP) is 1.06. The molecule has 7 heteroatoms. The van der Waals surface area contributed by atoms with Crippen LogP contribution in [0, 0.1) is 0 Å². The minimum absolute atomic E-state index is 0.374. The van der Waals surface area contributed by atoms with Crippen molar-refractivity contribution in [2.75, 3.05) is 12.3 Å². The summed E-state index contributed by atoms with van der Waals surface area (Å²) in [6.07, 6.45) is 3.62. The summed E-state index contributed by atoms with van der Waals surface area (Å²) in [6.45, 7) is 5.74. The van der Waals surface area contributed by atoms with Crippen LogP contribution < -0.4 is 5.73 Å². The van der Waals surface area contributed by atoms with E-state index in [-0.39, 0.29) is 0 Å². The van der Waals surface area contributed by atoms with E-state index in [9.17, 15) is 0 Å². The number of aromatic amines is 1. The Morgan fingerprint density at radius 2 is 2.44 bits per heavy atom. The van der Waals surface area contributed by atoms with Crippen LogP contribution in [0.2, 0.25) is 0 Å². The second-order valence-electron chi connectivity index (χ2n) is 3.71. The van der Waals surface area contributed by atoms with Crippen LogP contribution in [0.4, 0.5) is 5.82 Å². The molecular formula is C11H14N6O. The summed E-state index contributed by atoms with van der Waals surface area (Å²) in [6, 6.07) is 0. The van der Waals surface area contributed by atoms with Gasteiger partial charge in [-0.1, -0.05) is 17.8 Å². The zero-order valence-electron chi connectivity index (χ0n) is 10.1. The Hall–Kier alpha value is -2.44. The summed E-state index contributed by atoms with van der Waals surface area (Å²) in [4.78, 5) is 20.4. The van der Waals surface area contributed by atoms with Crippen LogP contribution in [0.1, 0.15) is 12.7 Å². The van der Waals surface area contributed by atoms with Gasteiger partial charge in [0.05, 0.1) is 12.0 Å². The first-order valence-corrected chi connectivity index (χ1v) is 5.42. The third kappa shape index (κ3) is 2.62. The van der Waals surface area contributed by atoms with Crippen molar-refractivity contribution in [2.45, 2.75) is 13.3 Å². The van der Waals surface area contributed by atoms with E-state index in [2.05, 4.69) is 31.7 Å². The molecule has 0 spiro atoms. The fraction of sp³-hybridized carbons (Fsp3) is 0.273. The summed E-state index contributed by atoms with van der Waals surface area (Å²) < 4.78 is 0. The molecule has 2 aromatic rings. The Morgan fingerprint density at radius 1 is 1.61 bits per heavy atom. The van der Waals surface area contributed by atoms with E-state index in [0.717, 1.165) is 5.71 Å². The molecule has 0 aromatic carbocycles. The van der Waals surface area contributed by atoms with Gasteiger partial charge in [-0.25, -0.2) is 15.0 Å². The molecule has 0 saturated heterocycles. The molecule has 0 unspecified atom stereocenters. The van der Waals surface area contributed by atoms with Crippen molar-refractivity contribution in [3.8, 4) is 0 Å². The molecule has 3 N–H and O–H groups in total. The first-order chi connectivity index (χ1) is 8.70. The van der Waals surface area contributed by atoms with Crippen LogP contribution in [-0.2, 0) is 11.3 Å². The maximum atomic E-state index is 5.79. The number of anilines is 1. The lowest BCUT2D eigenvalue weighted by molar-refractivity contribution is 0.174. The van der Waals surface area contributed by atoms with Gasteiger partial charge < -0.3 is 15.6 Å². The number of nitrogens with zero attached hydrogens (tertiary/aromatic N) is 4. The lowest BCUT2D eigenvalue weighted by Gasteiger charge is -2.02. The van der Waals surface area contributed by atoms with Crippen molar-refractivity contribution < 1.29 is 4.84 Å². The molecule has 0 aliphatic carbocycles. The molecule has 2 aromatic heterocycles. The van der Waals surface area contributed by atoms with Crippen LogP contribution in [0.3, 0.4) is 0 Å². The number of rotatable bonds is 5. The number of imidazole rings is 1. The number of hydrogen-bond acceptors (Lipinski definition) is 6. The van der Waals surface area contributed by atoms with Gasteiger partial charge in [0.1, 0.15) is 17.9 Å². The van der Waals surface area contributed by atoms with E-state index in [1.165, 1.54) is 6.33 Å². The first-order valence-electron chi connectivity index (χ1n) is 5.42. The third-order valence-corrected chi connectivity index (χ3v) is 2.19. The zero-order chi connectivity index (χ0) is 13.0. The Bertz CT molecular complexity index is 588. The molecule has 2 rings (SSSR count). The van der Waals surface area contributed by atoms with Crippen molar-refractivity contribution in [3.05, 3.63) is 24.8 Å². The van der Waals surface area contributed by atoms with E-state index in [0.29, 0.717) is 35.8 Å². The van der Waals surface area contributed by atoms with Gasteiger partial charge in [0, 0.05) is 6.42 Å². The zero-order valence-corrected chi connectivity index (χ0v) is 10.1. The Labute approximate surface area is 104 Å². The van der Waals surface area contributed by atoms with E-state index in [1.54, 1.807) is 6.08 Å². The number of hydrogen-bond donors (Lipinski definition) is 2. The number of nitrogens with one attached hydrogen (secondary N) is 1. The number of nitrogen functional groups attached to an aromatic ring is 1. The van der Waals surface area contributed by atoms with Crippen molar-refractivity contribution >= 4 is 22.7 Å². The van der Waals surface area contributed by atoms with Gasteiger partial charge in [-0.2, -0.15) is 0 Å². The molecule has 7 nitrogen and oxygen atoms in total. The second kappa shape index (κ2) is 5.26. The lowest BCUT2D eigenvalue weighted by atomic mass is 10.3. The van der Waals surface area contributed by atoms with Gasteiger partial charge in [-0.05, 0) is 6.92 Å². The van der Waals surface area contributed by atoms with Gasteiger partial charge >= 0.3 is 0 Å². The summed E-state index contributed by atoms with van der Waals surface area (Å²) in [7, 11) is 0. The van der Waals surface area contributed by atoms with Crippen LogP contribution in [-0.4, -0.2) is 32.3 Å². The number of fused-ring (bicyclic) bond motifs is 1. The number of aromatic nitrogens is 4. The Balaban J connectivity index is 2.16. The van der Waals surface area contributed by atoms with Crippen molar-refractivity contribution in [1.82, 2.24) is 19.9 Å². The molecule has 0 aliphatic heterocycles. The molecule has 0 fully saturated rings. The maximum absolute atomic E-state index is 5.79. The van der Waals surface area contributed by atoms with Gasteiger partial charge in [0.25, 0.3) is 0 Å². The molecule has 2 heterocycles. The smallest absolute Gasteiger partial charge is 0.183 e. The summed E-state index contributed by atoms with van der Waals surface area (Å²) in [5.41, 5.74) is 7.75. The van der Waals surface area contributed by atoms with Gasteiger partial charge in [-0.15, -0.1) is 0 Å². The van der Waals surface area contributed by atoms with Crippen LogP contribution >= 0.6 is 0 Å². The molecule has 0 atom stereocenters. The van der Waals surface area contributed by atoms with E-state index in [4.69, 9.17) is 10.6 Å². The van der Waals surface area contributed by atoms with Crippen LogP contribution in [0.5, 0.6) is 0 Å². The monoisotopic (exact) mass is 246 g/mol. The number of oxime groups is 1. The topological polar surface area (TPSA) is 102 Å². The SMILES string of the molecule is C=CCO/N=C(/C)Cc1nc(N)c2[nH]cnc2n1. The molecule has 0 saturated carbocycles. The summed E-state index contributed by atoms with van der Waals surface area (Å²) >= 11 is 0. The quantitative estimate of drug-likeness (QED) is 0.355. The fourth-order valence-corrected chi connectivity index (χ4v) is 1.44. The van der Waals surface area contributed by atoms with E-state index in [1.807, 2.05) is 6.92 Å². The average molecular weight is 246 g/mol. The van der Waals surface area contributed by atoms with E-state index >= 15 is 0 Å². The largest absolute Gasteiger partial charge is 0.392 e. The molecule has 18 heavy (non-hydrogen) atoms. The minimum atomic E-state index is 0.374. The van der Waals surface area contributed by atoms with Crippen LogP contribution in [0.25, 0.3) is 11.2 Å². The third-order valence-electron chi connectivity index (χ3n) is 2.19. The molecule has 0 amide bonds. The molecule has 0 radical (unpaired) electrons. The number of H-pyrrole nitrogens is 1. The highest BCUT2D eigenvalue weighted by atomic mass is 16.6. The van der Waals surface area contributed by atoms with Gasteiger partial charge in [0.2, 0.25) is 0 Å². The standard InChI is InChI=1S/C11H14N6O/c1-3-4-18-17-7(2)5-8-15-10(12)9-11(16-8)14-6-13-9/h3,6H,1,4-5H2,2H3,(H3,12,13,14,15,16)/b17-7-. The fourth-order valence-electron chi connectivity index (χ4n) is 1.44. The normalized spacial score (nSPS) is 11.7. The lowest BCUT2D eigenvalue weighted by Crippen LogP contribution is -2.06. The second-order valence-corrected chi connectivity index (χ2v) is 3.71. The van der Waals surface area contributed by atoms with Crippen molar-refractivity contribution in [3.63, 3.8) is 0 Å². The van der Waals surface area contributed by atoms with Gasteiger partial charge in [0.15, 0.2) is 11.5 Å². The highest BCUT2D eigenvalue weighted by molar-refractivity contribution is 5.85. The van der Waals surface area contributed by atoms with E-state index < -0.39 is 0 Å². The minimum Gasteiger partial charge on any atom is -0.392 e. The highest BCUT2D eigenvalue weighted by Crippen LogP contribution is 2.13. The average Bonchev–Trinajstić information content (AvgIpc) is 2.78. The molecule has 0 bridgehead atoms. The number of nitrogens with two attached hydrogens (primary N) is 1. The highest BCUT2D eigenvalue weighted by Gasteiger charge is 2.08. The first kappa shape index (κ1) is 12.0. The molecule has 94 valence electrons.